The van der Waals surface area contributed by atoms with Crippen LogP contribution >= 0.6 is 11.8 Å². The molecule has 2 rings (SSSR count). The van der Waals surface area contributed by atoms with Gasteiger partial charge in [-0.2, -0.15) is 11.8 Å². The van der Waals surface area contributed by atoms with E-state index in [-0.39, 0.29) is 5.82 Å². The van der Waals surface area contributed by atoms with Gasteiger partial charge >= 0.3 is 0 Å². The lowest BCUT2D eigenvalue weighted by Crippen LogP contribution is -2.41. The lowest BCUT2D eigenvalue weighted by atomic mass is 9.76. The SMILES string of the molecule is OCCCSCCNC1CC(c2ccc(F)cc2)C1. The van der Waals surface area contributed by atoms with E-state index in [9.17, 15) is 4.39 Å². The van der Waals surface area contributed by atoms with Crippen LogP contribution in [0.1, 0.15) is 30.7 Å². The molecule has 1 aliphatic rings. The number of rotatable bonds is 8. The molecule has 0 heterocycles. The van der Waals surface area contributed by atoms with Gasteiger partial charge in [0.2, 0.25) is 0 Å². The summed E-state index contributed by atoms with van der Waals surface area (Å²) in [6, 6.07) is 7.53. The van der Waals surface area contributed by atoms with Crippen molar-refractivity contribution in [1.82, 2.24) is 5.32 Å². The molecule has 0 spiro atoms. The zero-order valence-electron chi connectivity index (χ0n) is 11.1. The van der Waals surface area contributed by atoms with Gasteiger partial charge in [-0.05, 0) is 48.6 Å². The summed E-state index contributed by atoms with van der Waals surface area (Å²) in [7, 11) is 0. The van der Waals surface area contributed by atoms with Crippen molar-refractivity contribution in [2.45, 2.75) is 31.2 Å². The number of nitrogens with one attached hydrogen (secondary N) is 1. The number of hydrogen-bond acceptors (Lipinski definition) is 3. The van der Waals surface area contributed by atoms with E-state index >= 15 is 0 Å². The summed E-state index contributed by atoms with van der Waals surface area (Å²) in [6.07, 6.45) is 3.21. The highest BCUT2D eigenvalue weighted by Gasteiger charge is 2.29. The van der Waals surface area contributed by atoms with E-state index in [1.807, 2.05) is 23.9 Å². The molecule has 1 aromatic rings. The van der Waals surface area contributed by atoms with Crippen LogP contribution in [0.25, 0.3) is 0 Å². The van der Waals surface area contributed by atoms with E-state index in [1.54, 1.807) is 12.1 Å². The van der Waals surface area contributed by atoms with Crippen LogP contribution in [0.2, 0.25) is 0 Å². The van der Waals surface area contributed by atoms with Gasteiger partial charge < -0.3 is 10.4 Å². The van der Waals surface area contributed by atoms with Crippen molar-refractivity contribution < 1.29 is 9.50 Å². The van der Waals surface area contributed by atoms with E-state index in [2.05, 4.69) is 5.32 Å². The lowest BCUT2D eigenvalue weighted by Gasteiger charge is -2.36. The smallest absolute Gasteiger partial charge is 0.123 e. The molecule has 0 bridgehead atoms. The van der Waals surface area contributed by atoms with E-state index in [4.69, 9.17) is 5.11 Å². The van der Waals surface area contributed by atoms with Gasteiger partial charge in [0, 0.05) is 24.9 Å². The van der Waals surface area contributed by atoms with Crippen molar-refractivity contribution in [3.63, 3.8) is 0 Å². The Bertz CT molecular complexity index is 365. The van der Waals surface area contributed by atoms with Gasteiger partial charge in [-0.25, -0.2) is 4.39 Å². The van der Waals surface area contributed by atoms with Gasteiger partial charge in [0.05, 0.1) is 0 Å². The molecule has 0 unspecified atom stereocenters. The summed E-state index contributed by atoms with van der Waals surface area (Å²) >= 11 is 1.89. The topological polar surface area (TPSA) is 32.3 Å². The molecular formula is C15H22FNOS. The predicted molar refractivity (Wildman–Crippen MR) is 79.2 cm³/mol. The third-order valence-electron chi connectivity index (χ3n) is 3.61. The molecule has 0 saturated heterocycles. The van der Waals surface area contributed by atoms with Crippen molar-refractivity contribution in [2.24, 2.45) is 0 Å². The van der Waals surface area contributed by atoms with Crippen LogP contribution in [-0.4, -0.2) is 35.8 Å². The molecule has 0 aromatic heterocycles. The molecule has 0 atom stereocenters. The van der Waals surface area contributed by atoms with Crippen LogP contribution in [0.3, 0.4) is 0 Å². The monoisotopic (exact) mass is 283 g/mol. The van der Waals surface area contributed by atoms with E-state index in [0.717, 1.165) is 37.3 Å². The third-order valence-corrected chi connectivity index (χ3v) is 4.68. The number of thioether (sulfide) groups is 1. The largest absolute Gasteiger partial charge is 0.396 e. The van der Waals surface area contributed by atoms with Crippen molar-refractivity contribution >= 4 is 11.8 Å². The molecule has 1 fully saturated rings. The fraction of sp³-hybridized carbons (Fsp3) is 0.600. The third kappa shape index (κ3) is 4.79. The zero-order chi connectivity index (χ0) is 13.5. The summed E-state index contributed by atoms with van der Waals surface area (Å²) in [5.74, 6) is 2.59. The number of aliphatic hydroxyl groups is 1. The van der Waals surface area contributed by atoms with Crippen LogP contribution in [0.15, 0.2) is 24.3 Å². The predicted octanol–water partition coefficient (Wildman–Crippen LogP) is 2.78. The first-order valence-electron chi connectivity index (χ1n) is 6.97. The van der Waals surface area contributed by atoms with Crippen LogP contribution in [0.4, 0.5) is 4.39 Å². The second kappa shape index (κ2) is 7.88. The molecule has 4 heteroatoms. The summed E-state index contributed by atoms with van der Waals surface area (Å²) in [4.78, 5) is 0. The van der Waals surface area contributed by atoms with E-state index in [1.165, 1.54) is 5.56 Å². The minimum atomic E-state index is -0.155. The second-order valence-electron chi connectivity index (χ2n) is 5.06. The Morgan fingerprint density at radius 2 is 1.95 bits per heavy atom. The standard InChI is InChI=1S/C15H22FNOS/c16-14-4-2-12(3-5-14)13-10-15(11-13)17-6-9-19-8-1-7-18/h2-5,13,15,17-18H,1,6-11H2. The fourth-order valence-corrected chi connectivity index (χ4v) is 3.20. The Labute approximate surface area is 118 Å². The minimum Gasteiger partial charge on any atom is -0.396 e. The lowest BCUT2D eigenvalue weighted by molar-refractivity contribution is 0.295. The molecule has 2 N–H and O–H groups in total. The summed E-state index contributed by atoms with van der Waals surface area (Å²) in [5, 5.41) is 12.2. The van der Waals surface area contributed by atoms with Gasteiger partial charge in [0.25, 0.3) is 0 Å². The average molecular weight is 283 g/mol. The molecule has 1 aromatic carbocycles. The first kappa shape index (κ1) is 14.8. The number of hydrogen-bond donors (Lipinski definition) is 2. The summed E-state index contributed by atoms with van der Waals surface area (Å²) in [5.41, 5.74) is 1.26. The normalized spacial score (nSPS) is 22.2. The summed E-state index contributed by atoms with van der Waals surface area (Å²) in [6.45, 7) is 1.33. The van der Waals surface area contributed by atoms with Crippen molar-refractivity contribution in [1.29, 1.82) is 0 Å². The Hall–Kier alpha value is -0.580. The Kier molecular flexibility index (Phi) is 6.14. The molecule has 1 saturated carbocycles. The highest BCUT2D eigenvalue weighted by atomic mass is 32.2. The minimum absolute atomic E-state index is 0.155. The second-order valence-corrected chi connectivity index (χ2v) is 6.29. The quantitative estimate of drug-likeness (QED) is 0.720. The Balaban J connectivity index is 1.55. The van der Waals surface area contributed by atoms with Gasteiger partial charge in [-0.15, -0.1) is 0 Å². The molecule has 19 heavy (non-hydrogen) atoms. The van der Waals surface area contributed by atoms with Crippen molar-refractivity contribution in [2.75, 3.05) is 24.7 Å². The van der Waals surface area contributed by atoms with E-state index < -0.39 is 0 Å². The van der Waals surface area contributed by atoms with Gasteiger partial charge in [0.1, 0.15) is 5.82 Å². The van der Waals surface area contributed by atoms with Gasteiger partial charge in [-0.3, -0.25) is 0 Å². The maximum Gasteiger partial charge on any atom is 0.123 e. The molecule has 0 radical (unpaired) electrons. The molecule has 0 aliphatic heterocycles. The summed E-state index contributed by atoms with van der Waals surface area (Å²) < 4.78 is 12.8. The number of halogens is 1. The van der Waals surface area contributed by atoms with Gasteiger partial charge in [-0.1, -0.05) is 12.1 Å². The maximum absolute atomic E-state index is 12.8. The fourth-order valence-electron chi connectivity index (χ4n) is 2.40. The molecule has 2 nitrogen and oxygen atoms in total. The number of benzene rings is 1. The first-order valence-corrected chi connectivity index (χ1v) is 8.12. The van der Waals surface area contributed by atoms with Crippen molar-refractivity contribution in [3.05, 3.63) is 35.6 Å². The van der Waals surface area contributed by atoms with Gasteiger partial charge in [0.15, 0.2) is 0 Å². The van der Waals surface area contributed by atoms with Crippen LogP contribution in [-0.2, 0) is 0 Å². The molecule has 106 valence electrons. The number of aliphatic hydroxyl groups excluding tert-OH is 1. The van der Waals surface area contributed by atoms with Crippen LogP contribution < -0.4 is 5.32 Å². The molecule has 1 aliphatic carbocycles. The van der Waals surface area contributed by atoms with E-state index in [0.29, 0.717) is 18.6 Å². The highest BCUT2D eigenvalue weighted by molar-refractivity contribution is 7.99. The highest BCUT2D eigenvalue weighted by Crippen LogP contribution is 2.36. The average Bonchev–Trinajstić information content (AvgIpc) is 2.37. The Morgan fingerprint density at radius 1 is 1.21 bits per heavy atom. The first-order chi connectivity index (χ1) is 9.29. The van der Waals surface area contributed by atoms with Crippen molar-refractivity contribution in [3.8, 4) is 0 Å². The van der Waals surface area contributed by atoms with Crippen LogP contribution in [0, 0.1) is 5.82 Å². The maximum atomic E-state index is 12.8. The zero-order valence-corrected chi connectivity index (χ0v) is 12.0. The Morgan fingerprint density at radius 3 is 2.63 bits per heavy atom. The van der Waals surface area contributed by atoms with Crippen LogP contribution in [0.5, 0.6) is 0 Å². The molecule has 0 amide bonds. The molecular weight excluding hydrogens is 261 g/mol.